The van der Waals surface area contributed by atoms with Crippen LogP contribution >= 0.6 is 36.2 Å². The van der Waals surface area contributed by atoms with E-state index in [0.717, 1.165) is 42.1 Å². The normalized spacial score (nSPS) is 17.0. The van der Waals surface area contributed by atoms with Gasteiger partial charge in [0.15, 0.2) is 11.5 Å². The first-order valence-electron chi connectivity index (χ1n) is 9.25. The highest BCUT2D eigenvalue weighted by Gasteiger charge is 2.29. The minimum Gasteiger partial charge on any atom is -0.493 e. The van der Waals surface area contributed by atoms with E-state index >= 15 is 0 Å². The maximum atomic E-state index is 12.8. The fourth-order valence-electron chi connectivity index (χ4n) is 3.56. The zero-order chi connectivity index (χ0) is 19.4. The van der Waals surface area contributed by atoms with Crippen molar-refractivity contribution >= 4 is 42.1 Å². The highest BCUT2D eigenvalue weighted by Crippen LogP contribution is 2.33. The lowest BCUT2D eigenvalue weighted by atomic mass is 9.96. The fourth-order valence-corrected chi connectivity index (χ4v) is 4.38. The predicted octanol–water partition coefficient (Wildman–Crippen LogP) is 3.94. The van der Waals surface area contributed by atoms with E-state index in [9.17, 15) is 4.79 Å². The zero-order valence-corrected chi connectivity index (χ0v) is 19.4. The maximum absolute atomic E-state index is 12.8. The number of aromatic nitrogens is 1. The molecule has 1 aromatic carbocycles. The van der Waals surface area contributed by atoms with Gasteiger partial charge in [0.25, 0.3) is 0 Å². The summed E-state index contributed by atoms with van der Waals surface area (Å²) in [5.41, 5.74) is 7.83. The van der Waals surface area contributed by atoms with E-state index in [1.54, 1.807) is 14.2 Å². The van der Waals surface area contributed by atoms with Gasteiger partial charge in [0, 0.05) is 29.6 Å². The van der Waals surface area contributed by atoms with E-state index in [-0.39, 0.29) is 42.8 Å². The van der Waals surface area contributed by atoms with Crippen molar-refractivity contribution in [3.63, 3.8) is 0 Å². The number of rotatable bonds is 6. The van der Waals surface area contributed by atoms with Crippen LogP contribution in [0.3, 0.4) is 0 Å². The second-order valence-electron chi connectivity index (χ2n) is 6.90. The fraction of sp³-hybridized carbons (Fsp3) is 0.500. The molecule has 0 saturated carbocycles. The molecule has 2 heterocycles. The molecule has 162 valence electrons. The van der Waals surface area contributed by atoms with Crippen LogP contribution in [0.25, 0.3) is 10.6 Å². The lowest BCUT2D eigenvalue weighted by Gasteiger charge is -2.38. The van der Waals surface area contributed by atoms with E-state index in [4.69, 9.17) is 15.2 Å². The molecule has 2 atom stereocenters. The summed E-state index contributed by atoms with van der Waals surface area (Å²) < 4.78 is 10.6. The summed E-state index contributed by atoms with van der Waals surface area (Å²) in [5, 5.41) is 2.82. The summed E-state index contributed by atoms with van der Waals surface area (Å²) in [5.74, 6) is 1.46. The van der Waals surface area contributed by atoms with Gasteiger partial charge in [-0.1, -0.05) is 0 Å². The summed E-state index contributed by atoms with van der Waals surface area (Å²) >= 11 is 1.53. The number of carbonyl (C=O) groups excluding carboxylic acids is 1. The third-order valence-corrected chi connectivity index (χ3v) is 5.93. The van der Waals surface area contributed by atoms with Crippen LogP contribution in [-0.4, -0.2) is 48.6 Å². The molecule has 1 fully saturated rings. The number of piperidine rings is 1. The Kier molecular flexibility index (Phi) is 10.2. The van der Waals surface area contributed by atoms with Crippen molar-refractivity contribution in [3.05, 3.63) is 29.3 Å². The Morgan fingerprint density at radius 1 is 1.28 bits per heavy atom. The number of nitrogens with two attached hydrogens (primary N) is 1. The molecule has 3 rings (SSSR count). The Hall–Kier alpha value is -1.54. The van der Waals surface area contributed by atoms with Crippen LogP contribution < -0.4 is 15.2 Å². The Bertz CT molecular complexity index is 801. The van der Waals surface area contributed by atoms with Crippen LogP contribution in [0.2, 0.25) is 0 Å². The monoisotopic (exact) mass is 461 g/mol. The molecule has 0 radical (unpaired) electrons. The number of nitrogens with zero attached hydrogens (tertiary/aromatic N) is 2. The van der Waals surface area contributed by atoms with Crippen LogP contribution in [0.15, 0.2) is 23.6 Å². The number of amides is 1. The van der Waals surface area contributed by atoms with E-state index in [2.05, 4.69) is 4.98 Å². The van der Waals surface area contributed by atoms with Gasteiger partial charge in [-0.15, -0.1) is 36.2 Å². The number of carbonyl (C=O) groups is 1. The van der Waals surface area contributed by atoms with Crippen molar-refractivity contribution in [2.75, 3.05) is 20.8 Å². The number of benzene rings is 1. The summed E-state index contributed by atoms with van der Waals surface area (Å²) in [6.07, 6.45) is 3.48. The Labute approximate surface area is 188 Å². The molecule has 2 unspecified atom stereocenters. The molecule has 29 heavy (non-hydrogen) atoms. The molecule has 9 heteroatoms. The largest absolute Gasteiger partial charge is 0.493 e. The van der Waals surface area contributed by atoms with Crippen LogP contribution in [0.1, 0.15) is 31.9 Å². The summed E-state index contributed by atoms with van der Waals surface area (Å²) in [7, 11) is 3.22. The van der Waals surface area contributed by atoms with Gasteiger partial charge in [0.2, 0.25) is 5.91 Å². The molecule has 1 amide bonds. The average Bonchev–Trinajstić information content (AvgIpc) is 3.15. The van der Waals surface area contributed by atoms with E-state index in [1.165, 1.54) is 11.3 Å². The second-order valence-corrected chi connectivity index (χ2v) is 7.76. The average molecular weight is 462 g/mol. The summed E-state index contributed by atoms with van der Waals surface area (Å²) in [6.45, 7) is 2.77. The first kappa shape index (κ1) is 25.5. The zero-order valence-electron chi connectivity index (χ0n) is 16.9. The molecule has 1 aromatic heterocycles. The quantitative estimate of drug-likeness (QED) is 0.704. The van der Waals surface area contributed by atoms with Gasteiger partial charge in [-0.3, -0.25) is 4.79 Å². The standard InChI is InChI=1S/C20H27N3O3S.2ClH/c1-13(21)16-6-4-5-9-23(16)19(24)11-15-12-27-20(22-15)14-7-8-17(25-2)18(10-14)26-3;;/h7-8,10,12-13,16H,4-6,9,11,21H2,1-3H3;2*1H. The first-order valence-corrected chi connectivity index (χ1v) is 10.1. The molecular weight excluding hydrogens is 433 g/mol. The molecule has 1 saturated heterocycles. The molecule has 0 aliphatic carbocycles. The van der Waals surface area contributed by atoms with Crippen molar-refractivity contribution < 1.29 is 14.3 Å². The molecule has 0 bridgehead atoms. The maximum Gasteiger partial charge on any atom is 0.228 e. The predicted molar refractivity (Wildman–Crippen MR) is 122 cm³/mol. The first-order chi connectivity index (χ1) is 13.0. The van der Waals surface area contributed by atoms with Crippen LogP contribution in [0.5, 0.6) is 11.5 Å². The minimum atomic E-state index is -0.00740. The smallest absolute Gasteiger partial charge is 0.228 e. The lowest BCUT2D eigenvalue weighted by Crippen LogP contribution is -2.52. The van der Waals surface area contributed by atoms with Gasteiger partial charge < -0.3 is 20.1 Å². The van der Waals surface area contributed by atoms with E-state index < -0.39 is 0 Å². The molecule has 6 nitrogen and oxygen atoms in total. The van der Waals surface area contributed by atoms with Crippen molar-refractivity contribution in [2.45, 2.75) is 44.7 Å². The third-order valence-electron chi connectivity index (χ3n) is 4.99. The van der Waals surface area contributed by atoms with Crippen molar-refractivity contribution in [1.82, 2.24) is 9.88 Å². The van der Waals surface area contributed by atoms with Crippen molar-refractivity contribution in [1.29, 1.82) is 0 Å². The molecule has 1 aliphatic rings. The van der Waals surface area contributed by atoms with Crippen LogP contribution in [0.4, 0.5) is 0 Å². The van der Waals surface area contributed by atoms with Crippen LogP contribution in [-0.2, 0) is 11.2 Å². The second kappa shape index (κ2) is 11.6. The molecular formula is C20H29Cl2N3O3S. The number of halogens is 2. The van der Waals surface area contributed by atoms with Gasteiger partial charge in [0.05, 0.1) is 26.3 Å². The van der Waals surface area contributed by atoms with Crippen LogP contribution in [0, 0.1) is 0 Å². The topological polar surface area (TPSA) is 77.7 Å². The number of hydrogen-bond donors (Lipinski definition) is 1. The highest BCUT2D eigenvalue weighted by atomic mass is 35.5. The SMILES string of the molecule is COc1ccc(-c2nc(CC(=O)N3CCCCC3C(C)N)cs2)cc1OC.Cl.Cl. The number of methoxy groups -OCH3 is 2. The molecule has 0 spiro atoms. The molecule has 2 aromatic rings. The highest BCUT2D eigenvalue weighted by molar-refractivity contribution is 7.13. The molecule has 2 N–H and O–H groups in total. The van der Waals surface area contributed by atoms with Gasteiger partial charge >= 0.3 is 0 Å². The van der Waals surface area contributed by atoms with Gasteiger partial charge in [0.1, 0.15) is 5.01 Å². The van der Waals surface area contributed by atoms with E-state index in [1.807, 2.05) is 35.4 Å². The third kappa shape index (κ3) is 5.98. The van der Waals surface area contributed by atoms with Gasteiger partial charge in [-0.2, -0.15) is 0 Å². The number of hydrogen-bond acceptors (Lipinski definition) is 6. The van der Waals surface area contributed by atoms with Crippen molar-refractivity contribution in [2.24, 2.45) is 5.73 Å². The minimum absolute atomic E-state index is 0. The summed E-state index contributed by atoms with van der Waals surface area (Å²) in [6, 6.07) is 5.84. The van der Waals surface area contributed by atoms with Gasteiger partial charge in [-0.05, 0) is 44.4 Å². The Morgan fingerprint density at radius 2 is 2.00 bits per heavy atom. The molecule has 1 aliphatic heterocycles. The number of ether oxygens (including phenoxy) is 2. The van der Waals surface area contributed by atoms with E-state index in [0.29, 0.717) is 17.9 Å². The Morgan fingerprint density at radius 3 is 2.66 bits per heavy atom. The summed E-state index contributed by atoms with van der Waals surface area (Å²) in [4.78, 5) is 19.4. The number of likely N-dealkylation sites (tertiary alicyclic amines) is 1. The Balaban J connectivity index is 0.00000210. The number of thiazole rings is 1. The lowest BCUT2D eigenvalue weighted by molar-refractivity contribution is -0.134. The van der Waals surface area contributed by atoms with Crippen molar-refractivity contribution in [3.8, 4) is 22.1 Å². The van der Waals surface area contributed by atoms with Gasteiger partial charge in [-0.25, -0.2) is 4.98 Å².